The topological polar surface area (TPSA) is 60.4 Å². The Morgan fingerprint density at radius 3 is 2.62 bits per heavy atom. The number of nitrogens with zero attached hydrogens (tertiary/aromatic N) is 3. The van der Waals surface area contributed by atoms with E-state index in [0.717, 1.165) is 23.3 Å². The Kier molecular flexibility index (Phi) is 4.20. The number of hydrogen-bond donors (Lipinski definition) is 0. The second-order valence-electron chi connectivity index (χ2n) is 6.66. The molecule has 1 saturated carbocycles. The van der Waals surface area contributed by atoms with E-state index in [9.17, 15) is 10.1 Å². The van der Waals surface area contributed by atoms with Crippen LogP contribution in [0.4, 0.5) is 11.4 Å². The third kappa shape index (κ3) is 3.08. The van der Waals surface area contributed by atoms with E-state index in [2.05, 4.69) is 47.0 Å². The quantitative estimate of drug-likeness (QED) is 0.465. The van der Waals surface area contributed by atoms with E-state index in [1.807, 2.05) is 0 Å². The van der Waals surface area contributed by atoms with Crippen molar-refractivity contribution in [2.45, 2.75) is 32.7 Å². The maximum absolute atomic E-state index is 11.3. The smallest absolute Gasteiger partial charge is 0.294 e. The minimum Gasteiger partial charge on any atom is -0.313 e. The van der Waals surface area contributed by atoms with Gasteiger partial charge in [0.05, 0.1) is 10.6 Å². The van der Waals surface area contributed by atoms with Gasteiger partial charge in [0.15, 0.2) is 4.80 Å². The van der Waals surface area contributed by atoms with Crippen molar-refractivity contribution in [3.63, 3.8) is 0 Å². The summed E-state index contributed by atoms with van der Waals surface area (Å²) in [6.07, 6.45) is 2.25. The molecule has 26 heavy (non-hydrogen) atoms. The largest absolute Gasteiger partial charge is 0.313 e. The van der Waals surface area contributed by atoms with Gasteiger partial charge >= 0.3 is 0 Å². The van der Waals surface area contributed by atoms with Crippen LogP contribution in [0.2, 0.25) is 0 Å². The molecule has 0 aliphatic heterocycles. The lowest BCUT2D eigenvalue weighted by Crippen LogP contribution is -2.14. The highest BCUT2D eigenvalue weighted by Gasteiger charge is 2.27. The van der Waals surface area contributed by atoms with Crippen LogP contribution in [-0.4, -0.2) is 9.49 Å². The highest BCUT2D eigenvalue weighted by Crippen LogP contribution is 2.38. The first-order valence-electron chi connectivity index (χ1n) is 8.60. The molecule has 1 aromatic heterocycles. The van der Waals surface area contributed by atoms with E-state index in [-0.39, 0.29) is 10.6 Å². The molecule has 2 aromatic carbocycles. The Morgan fingerprint density at radius 2 is 1.92 bits per heavy atom. The number of aromatic nitrogens is 1. The molecule has 3 aromatic rings. The van der Waals surface area contributed by atoms with E-state index in [4.69, 9.17) is 0 Å². The van der Waals surface area contributed by atoms with Crippen molar-refractivity contribution >= 4 is 22.7 Å². The molecule has 0 bridgehead atoms. The van der Waals surface area contributed by atoms with Gasteiger partial charge < -0.3 is 4.57 Å². The molecule has 1 heterocycles. The summed E-state index contributed by atoms with van der Waals surface area (Å²) >= 11 is 1.54. The average Bonchev–Trinajstić information content (AvgIpc) is 3.38. The van der Waals surface area contributed by atoms with Crippen molar-refractivity contribution in [2.75, 3.05) is 0 Å². The van der Waals surface area contributed by atoms with Gasteiger partial charge in [-0.15, -0.1) is 11.3 Å². The monoisotopic (exact) mass is 365 g/mol. The fourth-order valence-electron chi connectivity index (χ4n) is 3.01. The summed E-state index contributed by atoms with van der Waals surface area (Å²) in [7, 11) is 0. The van der Waals surface area contributed by atoms with Gasteiger partial charge in [-0.3, -0.25) is 10.1 Å². The molecule has 0 amide bonds. The number of hydrogen-bond acceptors (Lipinski definition) is 4. The van der Waals surface area contributed by atoms with Crippen molar-refractivity contribution in [3.05, 3.63) is 73.9 Å². The second kappa shape index (κ2) is 6.53. The van der Waals surface area contributed by atoms with E-state index in [1.54, 1.807) is 18.2 Å². The third-order valence-electron chi connectivity index (χ3n) is 4.75. The van der Waals surface area contributed by atoms with Gasteiger partial charge in [0.2, 0.25) is 0 Å². The molecule has 0 atom stereocenters. The molecule has 0 spiro atoms. The van der Waals surface area contributed by atoms with Crippen molar-refractivity contribution in [1.82, 2.24) is 4.57 Å². The molecule has 4 rings (SSSR count). The third-order valence-corrected chi connectivity index (χ3v) is 5.59. The van der Waals surface area contributed by atoms with Crippen LogP contribution in [-0.2, 0) is 0 Å². The van der Waals surface area contributed by atoms with Crippen LogP contribution in [0.15, 0.2) is 52.8 Å². The zero-order valence-electron chi connectivity index (χ0n) is 14.7. The molecule has 132 valence electrons. The SMILES string of the molecule is Cc1ccc(-c2csc(=Nc3ccccc3[N+](=O)[O-])n2C2CC2)cc1C. The number of nitro groups is 1. The molecular formula is C20H19N3O2S. The van der Waals surface area contributed by atoms with E-state index >= 15 is 0 Å². The zero-order valence-corrected chi connectivity index (χ0v) is 15.5. The zero-order chi connectivity index (χ0) is 18.3. The van der Waals surface area contributed by atoms with Crippen LogP contribution < -0.4 is 4.80 Å². The Hall–Kier alpha value is -2.73. The van der Waals surface area contributed by atoms with Crippen LogP contribution in [0.1, 0.15) is 30.0 Å². The molecule has 0 radical (unpaired) electrons. The summed E-state index contributed by atoms with van der Waals surface area (Å²) in [5.74, 6) is 0. The fraction of sp³-hybridized carbons (Fsp3) is 0.250. The first-order valence-corrected chi connectivity index (χ1v) is 9.48. The van der Waals surface area contributed by atoms with Gasteiger partial charge in [-0.05, 0) is 55.5 Å². The predicted molar refractivity (Wildman–Crippen MR) is 104 cm³/mol. The summed E-state index contributed by atoms with van der Waals surface area (Å²) < 4.78 is 2.24. The summed E-state index contributed by atoms with van der Waals surface area (Å²) in [5, 5.41) is 13.4. The van der Waals surface area contributed by atoms with Crippen LogP contribution in [0.5, 0.6) is 0 Å². The lowest BCUT2D eigenvalue weighted by Gasteiger charge is -2.09. The van der Waals surface area contributed by atoms with Crippen molar-refractivity contribution in [3.8, 4) is 11.3 Å². The Labute approximate surface area is 155 Å². The van der Waals surface area contributed by atoms with E-state index < -0.39 is 0 Å². The molecule has 1 fully saturated rings. The van der Waals surface area contributed by atoms with Crippen LogP contribution >= 0.6 is 11.3 Å². The summed E-state index contributed by atoms with van der Waals surface area (Å²) in [6, 6.07) is 13.6. The molecular weight excluding hydrogens is 346 g/mol. The maximum atomic E-state index is 11.3. The molecule has 6 heteroatoms. The number of benzene rings is 2. The molecule has 5 nitrogen and oxygen atoms in total. The lowest BCUT2D eigenvalue weighted by molar-refractivity contribution is -0.384. The van der Waals surface area contributed by atoms with Crippen molar-refractivity contribution < 1.29 is 4.92 Å². The van der Waals surface area contributed by atoms with E-state index in [0.29, 0.717) is 11.7 Å². The number of nitro benzene ring substituents is 1. The van der Waals surface area contributed by atoms with Crippen LogP contribution in [0.3, 0.4) is 0 Å². The number of aryl methyl sites for hydroxylation is 2. The highest BCUT2D eigenvalue weighted by molar-refractivity contribution is 7.07. The highest BCUT2D eigenvalue weighted by atomic mass is 32.1. The van der Waals surface area contributed by atoms with Gasteiger partial charge in [0, 0.05) is 17.5 Å². The Morgan fingerprint density at radius 1 is 1.15 bits per heavy atom. The number of para-hydroxylation sites is 2. The first-order chi connectivity index (χ1) is 12.5. The van der Waals surface area contributed by atoms with E-state index in [1.165, 1.54) is 34.1 Å². The predicted octanol–water partition coefficient (Wildman–Crippen LogP) is 5.31. The lowest BCUT2D eigenvalue weighted by atomic mass is 10.0. The van der Waals surface area contributed by atoms with Gasteiger partial charge in [-0.2, -0.15) is 0 Å². The molecule has 1 aliphatic rings. The van der Waals surface area contributed by atoms with Crippen LogP contribution in [0.25, 0.3) is 11.3 Å². The minimum absolute atomic E-state index is 0.0379. The normalized spacial score (nSPS) is 14.6. The Balaban J connectivity index is 1.88. The summed E-state index contributed by atoms with van der Waals surface area (Å²) in [5.41, 5.74) is 5.27. The van der Waals surface area contributed by atoms with Gasteiger partial charge in [0.25, 0.3) is 5.69 Å². The molecule has 0 N–H and O–H groups in total. The standard InChI is InChI=1S/C20H19N3O2S/c1-13-7-8-15(11-14(13)2)19-12-26-20(22(19)16-9-10-16)21-17-5-3-4-6-18(17)23(24)25/h3-8,11-12,16H,9-10H2,1-2H3. The summed E-state index contributed by atoms with van der Waals surface area (Å²) in [6.45, 7) is 4.22. The molecule has 0 saturated heterocycles. The first kappa shape index (κ1) is 16.7. The van der Waals surface area contributed by atoms with Crippen molar-refractivity contribution in [1.29, 1.82) is 0 Å². The Bertz CT molecular complexity index is 1060. The van der Waals surface area contributed by atoms with Gasteiger partial charge in [-0.1, -0.05) is 24.3 Å². The average molecular weight is 365 g/mol. The molecule has 0 unspecified atom stereocenters. The van der Waals surface area contributed by atoms with Crippen molar-refractivity contribution in [2.24, 2.45) is 4.99 Å². The molecule has 1 aliphatic carbocycles. The number of thiazole rings is 1. The van der Waals surface area contributed by atoms with Gasteiger partial charge in [0.1, 0.15) is 5.69 Å². The minimum atomic E-state index is -0.377. The fourth-order valence-corrected chi connectivity index (χ4v) is 3.99. The number of rotatable bonds is 4. The van der Waals surface area contributed by atoms with Crippen LogP contribution in [0, 0.1) is 24.0 Å². The second-order valence-corrected chi connectivity index (χ2v) is 7.50. The maximum Gasteiger partial charge on any atom is 0.294 e. The summed E-state index contributed by atoms with van der Waals surface area (Å²) in [4.78, 5) is 16.4. The van der Waals surface area contributed by atoms with Gasteiger partial charge in [-0.25, -0.2) is 4.99 Å².